The topological polar surface area (TPSA) is 141 Å². The Morgan fingerprint density at radius 1 is 1.10 bits per heavy atom. The third kappa shape index (κ3) is 4.91. The van der Waals surface area contributed by atoms with Crippen LogP contribution >= 0.6 is 11.3 Å². The summed E-state index contributed by atoms with van der Waals surface area (Å²) in [5.41, 5.74) is 0.325. The summed E-state index contributed by atoms with van der Waals surface area (Å²) >= 11 is 1.03. The van der Waals surface area contributed by atoms with Gasteiger partial charge < -0.3 is 23.7 Å². The largest absolute Gasteiger partial charge is 0.493 e. The van der Waals surface area contributed by atoms with Crippen molar-refractivity contribution in [2.24, 2.45) is 4.99 Å². The smallest absolute Gasteiger partial charge is 0.338 e. The molecular weight excluding hydrogens is 542 g/mol. The van der Waals surface area contributed by atoms with Gasteiger partial charge in [-0.25, -0.2) is 9.79 Å². The van der Waals surface area contributed by atoms with E-state index in [9.17, 15) is 19.7 Å². The number of aromatic nitrogens is 1. The summed E-state index contributed by atoms with van der Waals surface area (Å²) in [5, 5.41) is 11.9. The first-order valence-electron chi connectivity index (χ1n) is 12.0. The average molecular weight is 570 g/mol. The van der Waals surface area contributed by atoms with E-state index in [0.29, 0.717) is 27.6 Å². The van der Waals surface area contributed by atoms with Crippen LogP contribution in [-0.4, -0.2) is 50.5 Å². The molecule has 4 rings (SSSR count). The molecule has 0 aliphatic carbocycles. The molecule has 40 heavy (non-hydrogen) atoms. The zero-order valence-electron chi connectivity index (χ0n) is 22.7. The number of esters is 1. The number of para-hydroxylation sites is 1. The highest BCUT2D eigenvalue weighted by atomic mass is 32.1. The van der Waals surface area contributed by atoms with Crippen LogP contribution < -0.4 is 33.8 Å². The molecule has 0 fully saturated rings. The number of nitro groups is 1. The predicted molar refractivity (Wildman–Crippen MR) is 146 cm³/mol. The molecule has 0 unspecified atom stereocenters. The second kappa shape index (κ2) is 11.6. The summed E-state index contributed by atoms with van der Waals surface area (Å²) in [6.45, 7) is 3.45. The number of ether oxygens (including phenoxy) is 5. The van der Waals surface area contributed by atoms with Gasteiger partial charge in [0.05, 0.1) is 67.4 Å². The van der Waals surface area contributed by atoms with Crippen LogP contribution in [-0.2, 0) is 9.53 Å². The minimum absolute atomic E-state index is 0.116. The quantitative estimate of drug-likeness (QED) is 0.216. The number of allylic oxidation sites excluding steroid dienone is 1. The summed E-state index contributed by atoms with van der Waals surface area (Å²) in [7, 11) is 5.72. The average Bonchev–Trinajstić information content (AvgIpc) is 3.25. The highest BCUT2D eigenvalue weighted by Gasteiger charge is 2.36. The first kappa shape index (κ1) is 28.4. The van der Waals surface area contributed by atoms with Gasteiger partial charge in [-0.15, -0.1) is 0 Å². The molecule has 0 amide bonds. The van der Waals surface area contributed by atoms with Crippen molar-refractivity contribution in [3.8, 4) is 23.0 Å². The van der Waals surface area contributed by atoms with Crippen molar-refractivity contribution in [1.82, 2.24) is 4.57 Å². The van der Waals surface area contributed by atoms with Crippen LogP contribution in [0.5, 0.6) is 23.0 Å². The number of fused-ring (bicyclic) bond motifs is 1. The van der Waals surface area contributed by atoms with Crippen molar-refractivity contribution in [2.75, 3.05) is 35.0 Å². The number of benzene rings is 2. The number of methoxy groups -OCH3 is 4. The van der Waals surface area contributed by atoms with E-state index < -0.39 is 22.5 Å². The summed E-state index contributed by atoms with van der Waals surface area (Å²) in [6.07, 6.45) is 1.40. The molecule has 1 atom stereocenters. The Morgan fingerprint density at radius 3 is 2.38 bits per heavy atom. The second-order valence-corrected chi connectivity index (χ2v) is 9.42. The fourth-order valence-electron chi connectivity index (χ4n) is 4.51. The Labute approximate surface area is 232 Å². The maximum Gasteiger partial charge on any atom is 0.338 e. The summed E-state index contributed by atoms with van der Waals surface area (Å²) in [6, 6.07) is 6.82. The molecule has 0 N–H and O–H groups in total. The number of thiazole rings is 1. The van der Waals surface area contributed by atoms with Gasteiger partial charge in [-0.05, 0) is 32.1 Å². The Balaban J connectivity index is 2.05. The number of rotatable bonds is 9. The molecule has 0 spiro atoms. The molecule has 1 aromatic heterocycles. The number of nitro benzene ring substituents is 1. The molecule has 13 heteroatoms. The number of carbonyl (C=O) groups excluding carboxylic acids is 1. The van der Waals surface area contributed by atoms with E-state index in [1.807, 2.05) is 0 Å². The van der Waals surface area contributed by atoms with Crippen LogP contribution in [0, 0.1) is 10.1 Å². The Hall–Kier alpha value is -4.65. The molecule has 0 radical (unpaired) electrons. The first-order valence-corrected chi connectivity index (χ1v) is 12.8. The molecule has 2 aromatic carbocycles. The van der Waals surface area contributed by atoms with E-state index >= 15 is 0 Å². The Kier molecular flexibility index (Phi) is 8.24. The maximum absolute atomic E-state index is 14.0. The van der Waals surface area contributed by atoms with Crippen molar-refractivity contribution < 1.29 is 33.4 Å². The molecule has 0 saturated carbocycles. The van der Waals surface area contributed by atoms with Crippen molar-refractivity contribution >= 4 is 29.1 Å². The second-order valence-electron chi connectivity index (χ2n) is 8.41. The molecule has 0 saturated heterocycles. The van der Waals surface area contributed by atoms with E-state index in [4.69, 9.17) is 23.7 Å². The van der Waals surface area contributed by atoms with E-state index in [-0.39, 0.29) is 39.5 Å². The lowest BCUT2D eigenvalue weighted by molar-refractivity contribution is -0.385. The molecule has 3 aromatic rings. The number of carbonyl (C=O) groups is 1. The van der Waals surface area contributed by atoms with Crippen molar-refractivity contribution in [3.63, 3.8) is 0 Å². The van der Waals surface area contributed by atoms with E-state index in [2.05, 4.69) is 4.99 Å². The number of hydrogen-bond donors (Lipinski definition) is 0. The minimum Gasteiger partial charge on any atom is -0.493 e. The van der Waals surface area contributed by atoms with E-state index in [0.717, 1.165) is 11.3 Å². The van der Waals surface area contributed by atoms with E-state index in [1.54, 1.807) is 32.0 Å². The zero-order chi connectivity index (χ0) is 29.1. The molecule has 0 bridgehead atoms. The van der Waals surface area contributed by atoms with Crippen LogP contribution in [0.3, 0.4) is 0 Å². The fraction of sp³-hybridized carbons (Fsp3) is 0.296. The van der Waals surface area contributed by atoms with Gasteiger partial charge in [0.1, 0.15) is 6.04 Å². The van der Waals surface area contributed by atoms with E-state index in [1.165, 1.54) is 51.2 Å². The van der Waals surface area contributed by atoms with Crippen molar-refractivity contribution in [2.45, 2.75) is 19.9 Å². The monoisotopic (exact) mass is 569 g/mol. The van der Waals surface area contributed by atoms with Crippen LogP contribution in [0.15, 0.2) is 51.4 Å². The standard InChI is InChI=1S/C27H27N3O9S/c1-7-39-26(32)22-14(2)28-27-29(23(22)16-9-8-10-18(35-3)24(16)38-6)25(31)21(40-27)12-15-11-19(36-4)20(37-5)13-17(15)30(33)34/h8-13,23H,7H2,1-6H3/b21-12-/t23-/m0/s1. The van der Waals surface area contributed by atoms with Crippen LogP contribution in [0.1, 0.15) is 31.0 Å². The fourth-order valence-corrected chi connectivity index (χ4v) is 5.55. The van der Waals surface area contributed by atoms with Crippen molar-refractivity contribution in [1.29, 1.82) is 0 Å². The molecule has 12 nitrogen and oxygen atoms in total. The van der Waals surface area contributed by atoms with Gasteiger partial charge in [0, 0.05) is 5.56 Å². The van der Waals surface area contributed by atoms with Crippen LogP contribution in [0.25, 0.3) is 6.08 Å². The Bertz CT molecular complexity index is 1700. The molecule has 2 heterocycles. The molecule has 1 aliphatic rings. The SMILES string of the molecule is CCOC(=O)C1=C(C)N=c2s/c(=C\c3cc(OC)c(OC)cc3[N+](=O)[O-])c(=O)n2[C@H]1c1cccc(OC)c1OC. The maximum atomic E-state index is 14.0. The van der Waals surface area contributed by atoms with Gasteiger partial charge in [0.15, 0.2) is 27.8 Å². The highest BCUT2D eigenvalue weighted by molar-refractivity contribution is 7.07. The number of hydrogen-bond acceptors (Lipinski definition) is 11. The first-order chi connectivity index (χ1) is 19.2. The van der Waals surface area contributed by atoms with Crippen LogP contribution in [0.2, 0.25) is 0 Å². The highest BCUT2D eigenvalue weighted by Crippen LogP contribution is 2.40. The molecular formula is C27H27N3O9S. The van der Waals surface area contributed by atoms with Gasteiger partial charge in [-0.2, -0.15) is 0 Å². The van der Waals surface area contributed by atoms with Crippen LogP contribution in [0.4, 0.5) is 5.69 Å². The van der Waals surface area contributed by atoms with Gasteiger partial charge in [0.25, 0.3) is 11.2 Å². The molecule has 1 aliphatic heterocycles. The third-order valence-electron chi connectivity index (χ3n) is 6.26. The van der Waals surface area contributed by atoms with Gasteiger partial charge in [-0.3, -0.25) is 19.5 Å². The summed E-state index contributed by atoms with van der Waals surface area (Å²) in [4.78, 5) is 43.3. The van der Waals surface area contributed by atoms with Gasteiger partial charge >= 0.3 is 5.97 Å². The third-order valence-corrected chi connectivity index (χ3v) is 7.24. The molecule has 210 valence electrons. The van der Waals surface area contributed by atoms with Gasteiger partial charge in [-0.1, -0.05) is 23.5 Å². The number of nitrogens with zero attached hydrogens (tertiary/aromatic N) is 3. The lowest BCUT2D eigenvalue weighted by atomic mass is 9.94. The van der Waals surface area contributed by atoms with Crippen molar-refractivity contribution in [3.05, 3.63) is 82.5 Å². The lowest BCUT2D eigenvalue weighted by Gasteiger charge is -2.26. The summed E-state index contributed by atoms with van der Waals surface area (Å²) in [5.74, 6) is 0.528. The zero-order valence-corrected chi connectivity index (χ0v) is 23.5. The lowest BCUT2D eigenvalue weighted by Crippen LogP contribution is -2.40. The minimum atomic E-state index is -0.970. The Morgan fingerprint density at radius 2 is 1.77 bits per heavy atom. The predicted octanol–water partition coefficient (Wildman–Crippen LogP) is 2.74. The van der Waals surface area contributed by atoms with Gasteiger partial charge in [0.2, 0.25) is 0 Å². The summed E-state index contributed by atoms with van der Waals surface area (Å²) < 4.78 is 28.5. The normalized spacial score (nSPS) is 14.8.